The number of carbonyl (C=O) groups is 1. The maximum atomic E-state index is 15.5. The molecule has 0 bridgehead atoms. The van der Waals surface area contributed by atoms with Crippen molar-refractivity contribution < 1.29 is 18.7 Å². The van der Waals surface area contributed by atoms with Crippen LogP contribution >= 0.6 is 11.6 Å². The highest BCUT2D eigenvalue weighted by Gasteiger charge is 2.26. The Hall–Kier alpha value is -3.00. The van der Waals surface area contributed by atoms with Gasteiger partial charge in [0.2, 0.25) is 5.91 Å². The number of hydrogen-bond donors (Lipinski definition) is 1. The Morgan fingerprint density at radius 3 is 2.47 bits per heavy atom. The molecule has 0 spiro atoms. The van der Waals surface area contributed by atoms with Crippen LogP contribution in [0, 0.1) is 18.6 Å². The van der Waals surface area contributed by atoms with Crippen LogP contribution in [0.15, 0.2) is 24.3 Å². The number of phenols is 1. The number of halogens is 3. The van der Waals surface area contributed by atoms with E-state index in [1.807, 2.05) is 4.90 Å². The van der Waals surface area contributed by atoms with Crippen molar-refractivity contribution in [1.29, 1.82) is 0 Å². The van der Waals surface area contributed by atoms with E-state index in [1.54, 1.807) is 11.8 Å². The second-order valence-electron chi connectivity index (χ2n) is 7.17. The average Bonchev–Trinajstić information content (AvgIpc) is 2.70. The summed E-state index contributed by atoms with van der Waals surface area (Å²) in [4.78, 5) is 24.0. The molecule has 1 amide bonds. The molecule has 3 aromatic rings. The fourth-order valence-electron chi connectivity index (χ4n) is 3.75. The van der Waals surface area contributed by atoms with E-state index in [2.05, 4.69) is 9.97 Å². The molecule has 0 aliphatic carbocycles. The first-order chi connectivity index (χ1) is 14.3. The molecule has 4 rings (SSSR count). The molecule has 0 atom stereocenters. The smallest absolute Gasteiger partial charge is 0.219 e. The maximum absolute atomic E-state index is 15.5. The Labute approximate surface area is 176 Å². The van der Waals surface area contributed by atoms with E-state index in [0.717, 1.165) is 6.07 Å². The average molecular weight is 433 g/mol. The van der Waals surface area contributed by atoms with Crippen molar-refractivity contribution in [3.05, 3.63) is 46.7 Å². The summed E-state index contributed by atoms with van der Waals surface area (Å²) >= 11 is 6.36. The molecule has 2 aromatic carbocycles. The van der Waals surface area contributed by atoms with Crippen LogP contribution in [0.3, 0.4) is 0 Å². The molecule has 2 heterocycles. The van der Waals surface area contributed by atoms with E-state index in [-0.39, 0.29) is 27.6 Å². The first-order valence-electron chi connectivity index (χ1n) is 9.42. The molecule has 1 fully saturated rings. The van der Waals surface area contributed by atoms with Crippen LogP contribution in [0.5, 0.6) is 5.75 Å². The number of benzene rings is 2. The standard InChI is InChI=1S/C21H19ClF2N4O2/c1-11-25-20-13(21(26-11)28-8-6-27(7-9-28)12(2)29)10-14(22)17(19(20)24)18-15(23)4-3-5-16(18)30/h3-5,10,30H,6-9H2,1-2H3. The molecule has 9 heteroatoms. The highest BCUT2D eigenvalue weighted by atomic mass is 35.5. The Kier molecular flexibility index (Phi) is 5.19. The number of anilines is 1. The van der Waals surface area contributed by atoms with E-state index in [9.17, 15) is 14.3 Å². The lowest BCUT2D eigenvalue weighted by Gasteiger charge is -2.35. The number of nitrogens with zero attached hydrogens (tertiary/aromatic N) is 4. The number of phenolic OH excluding ortho intramolecular Hbond substituents is 1. The third-order valence-corrected chi connectivity index (χ3v) is 5.54. The predicted octanol–water partition coefficient (Wildman–Crippen LogP) is 3.91. The minimum atomic E-state index is -0.827. The first-order valence-corrected chi connectivity index (χ1v) is 9.80. The molecule has 1 aliphatic rings. The highest BCUT2D eigenvalue weighted by molar-refractivity contribution is 6.34. The fraction of sp³-hybridized carbons (Fsp3) is 0.286. The van der Waals surface area contributed by atoms with E-state index >= 15 is 4.39 Å². The summed E-state index contributed by atoms with van der Waals surface area (Å²) in [5.74, 6) is -1.18. The second-order valence-corrected chi connectivity index (χ2v) is 7.57. The van der Waals surface area contributed by atoms with Crippen molar-refractivity contribution in [2.24, 2.45) is 0 Å². The monoisotopic (exact) mass is 432 g/mol. The number of aryl methyl sites for hydroxylation is 1. The van der Waals surface area contributed by atoms with Crippen LogP contribution < -0.4 is 4.90 Å². The summed E-state index contributed by atoms with van der Waals surface area (Å²) in [5.41, 5.74) is -0.562. The van der Waals surface area contributed by atoms with Gasteiger partial charge >= 0.3 is 0 Å². The first kappa shape index (κ1) is 20.3. The van der Waals surface area contributed by atoms with Crippen molar-refractivity contribution in [2.75, 3.05) is 31.1 Å². The van der Waals surface area contributed by atoms with Gasteiger partial charge in [-0.2, -0.15) is 0 Å². The Morgan fingerprint density at radius 1 is 1.13 bits per heavy atom. The van der Waals surface area contributed by atoms with Crippen LogP contribution in [0.25, 0.3) is 22.0 Å². The van der Waals surface area contributed by atoms with E-state index < -0.39 is 17.4 Å². The van der Waals surface area contributed by atoms with Crippen LogP contribution in [0.4, 0.5) is 14.6 Å². The normalized spacial score (nSPS) is 14.4. The zero-order valence-electron chi connectivity index (χ0n) is 16.4. The van der Waals surface area contributed by atoms with Crippen LogP contribution in [-0.2, 0) is 4.79 Å². The Balaban J connectivity index is 1.87. The van der Waals surface area contributed by atoms with Gasteiger partial charge in [0.05, 0.1) is 10.6 Å². The zero-order valence-corrected chi connectivity index (χ0v) is 17.2. The SMILES string of the molecule is CC(=O)N1CCN(c2nc(C)nc3c(F)c(-c4c(O)cccc4F)c(Cl)cc23)CC1. The van der Waals surface area contributed by atoms with Gasteiger partial charge in [-0.3, -0.25) is 4.79 Å². The lowest BCUT2D eigenvalue weighted by atomic mass is 10.0. The fourth-order valence-corrected chi connectivity index (χ4v) is 4.04. The molecule has 1 saturated heterocycles. The van der Waals surface area contributed by atoms with Crippen molar-refractivity contribution in [3.8, 4) is 16.9 Å². The summed E-state index contributed by atoms with van der Waals surface area (Å²) in [5, 5.41) is 10.4. The topological polar surface area (TPSA) is 69.6 Å². The van der Waals surface area contributed by atoms with Crippen molar-refractivity contribution in [1.82, 2.24) is 14.9 Å². The molecule has 0 radical (unpaired) electrons. The van der Waals surface area contributed by atoms with E-state index in [1.165, 1.54) is 25.1 Å². The van der Waals surface area contributed by atoms with E-state index in [0.29, 0.717) is 43.2 Å². The quantitative estimate of drug-likeness (QED) is 0.665. The van der Waals surface area contributed by atoms with Crippen LogP contribution in [0.2, 0.25) is 5.02 Å². The number of hydrogen-bond acceptors (Lipinski definition) is 5. The van der Waals surface area contributed by atoms with Gasteiger partial charge in [0.1, 0.15) is 28.7 Å². The summed E-state index contributed by atoms with van der Waals surface area (Å²) in [7, 11) is 0. The van der Waals surface area contributed by atoms with Gasteiger partial charge in [-0.1, -0.05) is 17.7 Å². The lowest BCUT2D eigenvalue weighted by molar-refractivity contribution is -0.129. The molecular weight excluding hydrogens is 414 g/mol. The summed E-state index contributed by atoms with van der Waals surface area (Å²) in [6.45, 7) is 5.27. The van der Waals surface area contributed by atoms with Gasteiger partial charge < -0.3 is 14.9 Å². The largest absolute Gasteiger partial charge is 0.507 e. The van der Waals surface area contributed by atoms with Gasteiger partial charge in [-0.25, -0.2) is 18.7 Å². The van der Waals surface area contributed by atoms with Gasteiger partial charge in [-0.05, 0) is 25.1 Å². The Morgan fingerprint density at radius 2 is 1.83 bits per heavy atom. The minimum Gasteiger partial charge on any atom is -0.507 e. The number of piperazine rings is 1. The number of rotatable bonds is 2. The van der Waals surface area contributed by atoms with Crippen LogP contribution in [-0.4, -0.2) is 52.1 Å². The Bertz CT molecular complexity index is 1140. The molecule has 0 saturated carbocycles. The molecule has 1 aliphatic heterocycles. The van der Waals surface area contributed by atoms with Gasteiger partial charge in [0.25, 0.3) is 0 Å². The van der Waals surface area contributed by atoms with Crippen molar-refractivity contribution in [2.45, 2.75) is 13.8 Å². The summed E-state index contributed by atoms with van der Waals surface area (Å²) in [6.07, 6.45) is 0. The van der Waals surface area contributed by atoms with Crippen molar-refractivity contribution >= 4 is 34.2 Å². The second kappa shape index (κ2) is 7.68. The minimum absolute atomic E-state index is 0.00167. The molecule has 0 unspecified atom stereocenters. The number of fused-ring (bicyclic) bond motifs is 1. The number of amides is 1. The molecule has 6 nitrogen and oxygen atoms in total. The zero-order chi connectivity index (χ0) is 21.6. The molecule has 30 heavy (non-hydrogen) atoms. The van der Waals surface area contributed by atoms with Gasteiger partial charge in [0, 0.05) is 44.1 Å². The van der Waals surface area contributed by atoms with Gasteiger partial charge in [0.15, 0.2) is 5.82 Å². The van der Waals surface area contributed by atoms with Gasteiger partial charge in [-0.15, -0.1) is 0 Å². The number of carbonyl (C=O) groups excluding carboxylic acids is 1. The van der Waals surface area contributed by atoms with Crippen molar-refractivity contribution in [3.63, 3.8) is 0 Å². The molecule has 156 valence electrons. The number of aromatic hydroxyl groups is 1. The third-order valence-electron chi connectivity index (χ3n) is 5.24. The summed E-state index contributed by atoms with van der Waals surface area (Å²) < 4.78 is 29.9. The molecular formula is C21H19ClF2N4O2. The van der Waals surface area contributed by atoms with E-state index in [4.69, 9.17) is 11.6 Å². The lowest BCUT2D eigenvalue weighted by Crippen LogP contribution is -2.48. The molecule has 1 aromatic heterocycles. The van der Waals surface area contributed by atoms with Crippen LogP contribution in [0.1, 0.15) is 12.7 Å². The maximum Gasteiger partial charge on any atom is 0.219 e. The third kappa shape index (κ3) is 3.41. The predicted molar refractivity (Wildman–Crippen MR) is 111 cm³/mol. The summed E-state index contributed by atoms with van der Waals surface area (Å²) in [6, 6.07) is 5.21. The number of aromatic nitrogens is 2. The molecule has 1 N–H and O–H groups in total. The highest BCUT2D eigenvalue weighted by Crippen LogP contribution is 2.42.